The third-order valence-corrected chi connectivity index (χ3v) is 14.9. The minimum Gasteiger partial charge on any atom is -0.278 e. The van der Waals surface area contributed by atoms with E-state index in [9.17, 15) is 0 Å². The maximum atomic E-state index is 5.58. The zero-order chi connectivity index (χ0) is 29.8. The highest BCUT2D eigenvalue weighted by Crippen LogP contribution is 2.33. The summed E-state index contributed by atoms with van der Waals surface area (Å²) in [5.74, 6) is 0.679. The van der Waals surface area contributed by atoms with Gasteiger partial charge in [0.2, 0.25) is 14.0 Å². The van der Waals surface area contributed by atoms with Gasteiger partial charge < -0.3 is 0 Å². The standard InChI is InChI=1S/C39H26N4SSi/c1-3-13-27(14-4-1)45(28-15-5-2-6-16-28,35-23-11-19-31-32-20-12-25-40-38(32)44-37(31)35)36-24-26-41-39(42-36)43-33-21-9-7-17-29(33)30-18-8-10-22-34(30)43/h1-26H. The summed E-state index contributed by atoms with van der Waals surface area (Å²) in [6.45, 7) is 0. The lowest BCUT2D eigenvalue weighted by Gasteiger charge is -2.33. The Hall–Kier alpha value is -5.43. The van der Waals surface area contributed by atoms with Crippen molar-refractivity contribution < 1.29 is 0 Å². The number of benzene rings is 5. The minimum atomic E-state index is -2.99. The molecule has 45 heavy (non-hydrogen) atoms. The first-order chi connectivity index (χ1) is 22.3. The van der Waals surface area contributed by atoms with E-state index in [0.29, 0.717) is 5.95 Å². The number of hydrogen-bond donors (Lipinski definition) is 0. The number of fused-ring (bicyclic) bond motifs is 6. The molecule has 0 unspecified atom stereocenters. The fourth-order valence-corrected chi connectivity index (χ4v) is 13.3. The number of nitrogens with zero attached hydrogens (tertiary/aromatic N) is 4. The smallest absolute Gasteiger partial charge is 0.234 e. The van der Waals surface area contributed by atoms with Gasteiger partial charge in [0.15, 0.2) is 0 Å². The van der Waals surface area contributed by atoms with Gasteiger partial charge in [-0.15, -0.1) is 11.3 Å². The van der Waals surface area contributed by atoms with Crippen molar-refractivity contribution in [1.29, 1.82) is 0 Å². The van der Waals surface area contributed by atoms with Crippen LogP contribution in [0.1, 0.15) is 0 Å². The van der Waals surface area contributed by atoms with E-state index in [2.05, 4.69) is 144 Å². The summed E-state index contributed by atoms with van der Waals surface area (Å²) in [6.07, 6.45) is 3.83. The zero-order valence-electron chi connectivity index (χ0n) is 24.2. The molecule has 4 nitrogen and oxygen atoms in total. The second-order valence-corrected chi connectivity index (χ2v) is 15.9. The molecule has 0 spiro atoms. The Kier molecular flexibility index (Phi) is 5.97. The van der Waals surface area contributed by atoms with Crippen LogP contribution in [0.25, 0.3) is 48.1 Å². The number of para-hydroxylation sites is 2. The Morgan fingerprint density at radius 2 is 1.09 bits per heavy atom. The molecule has 4 heterocycles. The van der Waals surface area contributed by atoms with Crippen molar-refractivity contribution in [2.75, 3.05) is 0 Å². The van der Waals surface area contributed by atoms with E-state index >= 15 is 0 Å². The normalized spacial score (nSPS) is 12.0. The summed E-state index contributed by atoms with van der Waals surface area (Å²) in [5.41, 5.74) is 2.19. The molecule has 212 valence electrons. The molecule has 0 fully saturated rings. The largest absolute Gasteiger partial charge is 0.278 e. The molecule has 0 saturated heterocycles. The van der Waals surface area contributed by atoms with E-state index in [-0.39, 0.29) is 0 Å². The highest BCUT2D eigenvalue weighted by molar-refractivity contribution is 7.30. The van der Waals surface area contributed by atoms with Gasteiger partial charge in [0.1, 0.15) is 4.83 Å². The number of rotatable bonds is 5. The van der Waals surface area contributed by atoms with Crippen LogP contribution in [0.2, 0.25) is 0 Å². The number of pyridine rings is 1. The van der Waals surface area contributed by atoms with E-state index < -0.39 is 8.07 Å². The average molecular weight is 611 g/mol. The van der Waals surface area contributed by atoms with Gasteiger partial charge in [0, 0.05) is 44.0 Å². The minimum absolute atomic E-state index is 0.679. The van der Waals surface area contributed by atoms with Crippen LogP contribution >= 0.6 is 11.3 Å². The van der Waals surface area contributed by atoms with Gasteiger partial charge in [-0.05, 0) is 45.9 Å². The molecule has 0 saturated carbocycles. The lowest BCUT2D eigenvalue weighted by molar-refractivity contribution is 1.000. The number of aromatic nitrogens is 4. The molecular weight excluding hydrogens is 585 g/mol. The quantitative estimate of drug-likeness (QED) is 0.161. The zero-order valence-corrected chi connectivity index (χ0v) is 26.0. The molecule has 9 rings (SSSR count). The molecule has 0 atom stereocenters. The summed E-state index contributed by atoms with van der Waals surface area (Å²) >= 11 is 1.78. The molecule has 5 aromatic carbocycles. The topological polar surface area (TPSA) is 43.6 Å². The summed E-state index contributed by atoms with van der Waals surface area (Å²) in [6, 6.07) is 52.1. The number of thiophene rings is 1. The number of hydrogen-bond acceptors (Lipinski definition) is 4. The van der Waals surface area contributed by atoms with Crippen LogP contribution in [0.5, 0.6) is 0 Å². The molecule has 4 aromatic heterocycles. The second-order valence-electron chi connectivity index (χ2n) is 11.2. The van der Waals surface area contributed by atoms with Crippen molar-refractivity contribution in [2.24, 2.45) is 0 Å². The van der Waals surface area contributed by atoms with E-state index in [4.69, 9.17) is 15.0 Å². The van der Waals surface area contributed by atoms with Crippen LogP contribution in [0.15, 0.2) is 158 Å². The Balaban J connectivity index is 1.42. The predicted octanol–water partition coefficient (Wildman–Crippen LogP) is 6.71. The lowest BCUT2D eigenvalue weighted by Crippen LogP contribution is -2.75. The fraction of sp³-hybridized carbons (Fsp3) is 0. The average Bonchev–Trinajstić information content (AvgIpc) is 3.66. The lowest BCUT2D eigenvalue weighted by atomic mass is 10.2. The van der Waals surface area contributed by atoms with Gasteiger partial charge >= 0.3 is 0 Å². The highest BCUT2D eigenvalue weighted by Gasteiger charge is 2.45. The van der Waals surface area contributed by atoms with Crippen molar-refractivity contribution in [3.8, 4) is 5.95 Å². The predicted molar refractivity (Wildman–Crippen MR) is 191 cm³/mol. The molecule has 6 heteroatoms. The van der Waals surface area contributed by atoms with Gasteiger partial charge in [-0.25, -0.2) is 15.0 Å². The summed E-state index contributed by atoms with van der Waals surface area (Å²) in [7, 11) is -2.99. The van der Waals surface area contributed by atoms with Crippen LogP contribution < -0.4 is 20.9 Å². The second kappa shape index (κ2) is 10.3. The molecule has 0 bridgehead atoms. The van der Waals surface area contributed by atoms with Crippen molar-refractivity contribution in [3.63, 3.8) is 0 Å². The molecule has 0 aliphatic rings. The molecule has 0 aliphatic carbocycles. The molecule has 0 radical (unpaired) electrons. The molecule has 9 aromatic rings. The molecule has 0 N–H and O–H groups in total. The maximum Gasteiger partial charge on any atom is 0.234 e. The Labute approximate surface area is 264 Å². The third-order valence-electron chi connectivity index (χ3n) is 8.90. The van der Waals surface area contributed by atoms with Crippen molar-refractivity contribution in [2.45, 2.75) is 0 Å². The van der Waals surface area contributed by atoms with Crippen molar-refractivity contribution in [1.82, 2.24) is 19.5 Å². The van der Waals surface area contributed by atoms with E-state index in [1.165, 1.54) is 41.8 Å². The first-order valence-electron chi connectivity index (χ1n) is 15.0. The fourth-order valence-electron chi connectivity index (χ4n) is 7.02. The van der Waals surface area contributed by atoms with Gasteiger partial charge in [-0.1, -0.05) is 115 Å². The summed E-state index contributed by atoms with van der Waals surface area (Å²) < 4.78 is 3.48. The Bertz CT molecular complexity index is 2410. The van der Waals surface area contributed by atoms with Crippen molar-refractivity contribution in [3.05, 3.63) is 158 Å². The SMILES string of the molecule is c1ccc([Si](c2ccccc2)(c2ccnc(-n3c4ccccc4c4ccccc43)n2)c2cccc3c2sc2ncccc23)cc1. The van der Waals surface area contributed by atoms with E-state index in [1.807, 2.05) is 18.5 Å². The van der Waals surface area contributed by atoms with Crippen LogP contribution in [0, 0.1) is 0 Å². The maximum absolute atomic E-state index is 5.58. The monoisotopic (exact) mass is 610 g/mol. The van der Waals surface area contributed by atoms with Gasteiger partial charge in [-0.2, -0.15) is 0 Å². The van der Waals surface area contributed by atoms with Crippen LogP contribution in [-0.2, 0) is 0 Å². The first kappa shape index (κ1) is 26.0. The van der Waals surface area contributed by atoms with E-state index in [0.717, 1.165) is 21.2 Å². The molecule has 0 aliphatic heterocycles. The first-order valence-corrected chi connectivity index (χ1v) is 17.9. The van der Waals surface area contributed by atoms with Crippen molar-refractivity contribution >= 4 is 82.4 Å². The van der Waals surface area contributed by atoms with Crippen LogP contribution in [-0.4, -0.2) is 27.6 Å². The summed E-state index contributed by atoms with van der Waals surface area (Å²) in [5, 5.41) is 9.73. The van der Waals surface area contributed by atoms with Gasteiger partial charge in [0.05, 0.1) is 11.0 Å². The van der Waals surface area contributed by atoms with Gasteiger partial charge in [0.25, 0.3) is 0 Å². The third kappa shape index (κ3) is 3.86. The molecular formula is C39H26N4SSi. The Morgan fingerprint density at radius 3 is 1.78 bits per heavy atom. The highest BCUT2D eigenvalue weighted by atomic mass is 32.1. The molecule has 0 amide bonds. The van der Waals surface area contributed by atoms with E-state index in [1.54, 1.807) is 11.3 Å². The Morgan fingerprint density at radius 1 is 0.489 bits per heavy atom. The van der Waals surface area contributed by atoms with Crippen LogP contribution in [0.4, 0.5) is 0 Å². The summed E-state index contributed by atoms with van der Waals surface area (Å²) in [4.78, 5) is 16.3. The van der Waals surface area contributed by atoms with Crippen LogP contribution in [0.3, 0.4) is 0 Å². The van der Waals surface area contributed by atoms with Gasteiger partial charge in [-0.3, -0.25) is 4.57 Å².